The van der Waals surface area contributed by atoms with E-state index in [9.17, 15) is 0 Å². The first-order valence-corrected chi connectivity index (χ1v) is 6.41. The van der Waals surface area contributed by atoms with Crippen LogP contribution in [0.1, 0.15) is 36.8 Å². The van der Waals surface area contributed by atoms with E-state index in [1.165, 1.54) is 11.3 Å². The van der Waals surface area contributed by atoms with Crippen LogP contribution >= 0.6 is 0 Å². The molecule has 98 valence electrons. The molecule has 0 radical (unpaired) electrons. The molecule has 4 nitrogen and oxygen atoms in total. The molecule has 1 unspecified atom stereocenters. The molecule has 1 rings (SSSR count). The largest absolute Gasteiger partial charge is 0.318 e. The number of likely N-dealkylation sites (N-methyl/N-ethyl adjacent to an activating group) is 2. The van der Waals surface area contributed by atoms with Crippen molar-refractivity contribution in [2.75, 3.05) is 27.2 Å². The zero-order chi connectivity index (χ0) is 13.0. The lowest BCUT2D eigenvalue weighted by Gasteiger charge is -2.25. The Morgan fingerprint density at radius 1 is 1.41 bits per heavy atom. The van der Waals surface area contributed by atoms with Crippen LogP contribution in [0.25, 0.3) is 0 Å². The SMILES string of the molecule is CCn1nc(C)c(C(C)N(C)CCNC)c1C. The molecule has 1 aromatic heterocycles. The molecule has 1 aromatic rings. The van der Waals surface area contributed by atoms with Gasteiger partial charge in [-0.05, 0) is 41.8 Å². The van der Waals surface area contributed by atoms with E-state index < -0.39 is 0 Å². The average molecular weight is 238 g/mol. The Hall–Kier alpha value is -0.870. The van der Waals surface area contributed by atoms with Gasteiger partial charge in [0.05, 0.1) is 5.69 Å². The summed E-state index contributed by atoms with van der Waals surface area (Å²) in [5, 5.41) is 7.77. The van der Waals surface area contributed by atoms with E-state index in [1.807, 2.05) is 7.05 Å². The third-order valence-electron chi connectivity index (χ3n) is 3.53. The molecule has 1 heterocycles. The van der Waals surface area contributed by atoms with Crippen molar-refractivity contribution in [3.8, 4) is 0 Å². The highest BCUT2D eigenvalue weighted by molar-refractivity contribution is 5.27. The normalized spacial score (nSPS) is 13.4. The first-order chi connectivity index (χ1) is 8.02. The Morgan fingerprint density at radius 3 is 2.53 bits per heavy atom. The van der Waals surface area contributed by atoms with Crippen LogP contribution in [0.5, 0.6) is 0 Å². The number of aromatic nitrogens is 2. The van der Waals surface area contributed by atoms with Crippen LogP contribution in [0.2, 0.25) is 0 Å². The fraction of sp³-hybridized carbons (Fsp3) is 0.769. The molecule has 0 aliphatic heterocycles. The van der Waals surface area contributed by atoms with Gasteiger partial charge >= 0.3 is 0 Å². The Balaban J connectivity index is 2.87. The van der Waals surface area contributed by atoms with Gasteiger partial charge in [0.15, 0.2) is 0 Å². The molecule has 0 aromatic carbocycles. The second kappa shape index (κ2) is 6.17. The van der Waals surface area contributed by atoms with Crippen molar-refractivity contribution in [1.29, 1.82) is 0 Å². The van der Waals surface area contributed by atoms with E-state index in [1.54, 1.807) is 0 Å². The summed E-state index contributed by atoms with van der Waals surface area (Å²) in [5.41, 5.74) is 3.84. The van der Waals surface area contributed by atoms with Crippen molar-refractivity contribution in [3.05, 3.63) is 17.0 Å². The third-order valence-corrected chi connectivity index (χ3v) is 3.53. The number of hydrogen-bond acceptors (Lipinski definition) is 3. The fourth-order valence-corrected chi connectivity index (χ4v) is 2.33. The zero-order valence-corrected chi connectivity index (χ0v) is 12.0. The van der Waals surface area contributed by atoms with Gasteiger partial charge in [-0.15, -0.1) is 0 Å². The van der Waals surface area contributed by atoms with E-state index in [2.05, 4.69) is 54.7 Å². The monoisotopic (exact) mass is 238 g/mol. The topological polar surface area (TPSA) is 33.1 Å². The Morgan fingerprint density at radius 2 is 2.06 bits per heavy atom. The van der Waals surface area contributed by atoms with Crippen LogP contribution in [0.3, 0.4) is 0 Å². The van der Waals surface area contributed by atoms with Crippen LogP contribution in [0, 0.1) is 13.8 Å². The molecule has 0 spiro atoms. The van der Waals surface area contributed by atoms with Gasteiger partial charge in [0.25, 0.3) is 0 Å². The first kappa shape index (κ1) is 14.2. The van der Waals surface area contributed by atoms with Gasteiger partial charge in [-0.3, -0.25) is 9.58 Å². The van der Waals surface area contributed by atoms with Crippen LogP contribution in [-0.4, -0.2) is 41.9 Å². The molecule has 0 aliphatic carbocycles. The lowest BCUT2D eigenvalue weighted by Crippen LogP contribution is -2.30. The highest BCUT2D eigenvalue weighted by Crippen LogP contribution is 2.25. The Kier molecular flexibility index (Phi) is 5.15. The van der Waals surface area contributed by atoms with Crippen molar-refractivity contribution >= 4 is 0 Å². The van der Waals surface area contributed by atoms with Gasteiger partial charge in [0.2, 0.25) is 0 Å². The van der Waals surface area contributed by atoms with Gasteiger partial charge in [-0.25, -0.2) is 0 Å². The molecule has 0 aliphatic rings. The zero-order valence-electron chi connectivity index (χ0n) is 12.0. The molecule has 1 atom stereocenters. The molecule has 0 amide bonds. The van der Waals surface area contributed by atoms with E-state index in [0.717, 1.165) is 25.3 Å². The summed E-state index contributed by atoms with van der Waals surface area (Å²) < 4.78 is 2.09. The van der Waals surface area contributed by atoms with E-state index in [4.69, 9.17) is 0 Å². The lowest BCUT2D eigenvalue weighted by atomic mass is 10.1. The summed E-state index contributed by atoms with van der Waals surface area (Å²) in [6.07, 6.45) is 0. The Bertz CT molecular complexity index is 357. The molecule has 0 fully saturated rings. The summed E-state index contributed by atoms with van der Waals surface area (Å²) in [4.78, 5) is 2.37. The summed E-state index contributed by atoms with van der Waals surface area (Å²) >= 11 is 0. The van der Waals surface area contributed by atoms with Gasteiger partial charge in [-0.1, -0.05) is 0 Å². The molecular formula is C13H26N4. The van der Waals surface area contributed by atoms with Gasteiger partial charge in [0, 0.05) is 36.9 Å². The van der Waals surface area contributed by atoms with Gasteiger partial charge in [0.1, 0.15) is 0 Å². The molecule has 0 bridgehead atoms. The van der Waals surface area contributed by atoms with Crippen molar-refractivity contribution in [2.45, 2.75) is 40.3 Å². The highest BCUT2D eigenvalue weighted by atomic mass is 15.3. The lowest BCUT2D eigenvalue weighted by molar-refractivity contribution is 0.262. The summed E-state index contributed by atoms with van der Waals surface area (Å²) in [6, 6.07) is 0.420. The predicted octanol–water partition coefficient (Wildman–Crippen LogP) is 1.73. The summed E-state index contributed by atoms with van der Waals surface area (Å²) in [7, 11) is 4.16. The van der Waals surface area contributed by atoms with E-state index in [-0.39, 0.29) is 0 Å². The van der Waals surface area contributed by atoms with Crippen LogP contribution in [0.15, 0.2) is 0 Å². The molecule has 0 saturated carbocycles. The maximum Gasteiger partial charge on any atom is 0.0644 e. The number of nitrogens with one attached hydrogen (secondary N) is 1. The van der Waals surface area contributed by atoms with Crippen LogP contribution in [0.4, 0.5) is 0 Å². The number of rotatable bonds is 6. The minimum atomic E-state index is 0.420. The molecule has 17 heavy (non-hydrogen) atoms. The molecule has 0 saturated heterocycles. The maximum atomic E-state index is 4.59. The molecular weight excluding hydrogens is 212 g/mol. The molecule has 4 heteroatoms. The van der Waals surface area contributed by atoms with Gasteiger partial charge < -0.3 is 5.32 Å². The highest BCUT2D eigenvalue weighted by Gasteiger charge is 2.19. The van der Waals surface area contributed by atoms with Crippen molar-refractivity contribution in [2.24, 2.45) is 0 Å². The fourth-order valence-electron chi connectivity index (χ4n) is 2.33. The van der Waals surface area contributed by atoms with Crippen molar-refractivity contribution in [1.82, 2.24) is 20.0 Å². The van der Waals surface area contributed by atoms with Crippen molar-refractivity contribution in [3.63, 3.8) is 0 Å². The summed E-state index contributed by atoms with van der Waals surface area (Å²) in [6.45, 7) is 11.7. The Labute approximate surface area is 105 Å². The second-order valence-electron chi connectivity index (χ2n) is 4.66. The van der Waals surface area contributed by atoms with Gasteiger partial charge in [-0.2, -0.15) is 5.10 Å². The standard InChI is InChI=1S/C13H26N4/c1-7-17-12(4)13(10(2)15-17)11(3)16(6)9-8-14-5/h11,14H,7-9H2,1-6H3. The smallest absolute Gasteiger partial charge is 0.0644 e. The number of nitrogens with zero attached hydrogens (tertiary/aromatic N) is 3. The quantitative estimate of drug-likeness (QED) is 0.819. The second-order valence-corrected chi connectivity index (χ2v) is 4.66. The number of hydrogen-bond donors (Lipinski definition) is 1. The van der Waals surface area contributed by atoms with Crippen molar-refractivity contribution < 1.29 is 0 Å². The average Bonchev–Trinajstić information content (AvgIpc) is 2.60. The van der Waals surface area contributed by atoms with Crippen LogP contribution < -0.4 is 5.32 Å². The van der Waals surface area contributed by atoms with E-state index >= 15 is 0 Å². The minimum Gasteiger partial charge on any atom is -0.318 e. The molecule has 1 N–H and O–H groups in total. The van der Waals surface area contributed by atoms with Crippen LogP contribution in [-0.2, 0) is 6.54 Å². The third kappa shape index (κ3) is 3.07. The minimum absolute atomic E-state index is 0.420. The number of aryl methyl sites for hydroxylation is 2. The van der Waals surface area contributed by atoms with E-state index in [0.29, 0.717) is 6.04 Å². The first-order valence-electron chi connectivity index (χ1n) is 6.41. The maximum absolute atomic E-state index is 4.59. The summed E-state index contributed by atoms with van der Waals surface area (Å²) in [5.74, 6) is 0. The predicted molar refractivity (Wildman–Crippen MR) is 72.3 cm³/mol.